The monoisotopic (exact) mass is 210 g/mol. The topological polar surface area (TPSA) is 51.6 Å². The highest BCUT2D eigenvalue weighted by molar-refractivity contribution is 6.02. The minimum Gasteiger partial charge on any atom is -0.253 e. The maximum absolute atomic E-state index is 4.36. The van der Waals surface area contributed by atoms with E-state index in [9.17, 15) is 0 Å². The quantitative estimate of drug-likeness (QED) is 0.534. The van der Waals surface area contributed by atoms with Gasteiger partial charge in [0.05, 0.1) is 11.0 Å². The summed E-state index contributed by atoms with van der Waals surface area (Å²) in [4.78, 5) is 17.4. The molecule has 2 heterocycles. The van der Waals surface area contributed by atoms with Crippen LogP contribution in [0.1, 0.15) is 11.1 Å². The summed E-state index contributed by atoms with van der Waals surface area (Å²) in [6, 6.07) is 0. The number of nitrogens with zero attached hydrogens (tertiary/aromatic N) is 4. The van der Waals surface area contributed by atoms with E-state index in [2.05, 4.69) is 19.9 Å². The number of aromatic nitrogens is 4. The lowest BCUT2D eigenvalue weighted by molar-refractivity contribution is 1.22. The Hall–Kier alpha value is -2.10. The molecule has 3 aromatic rings. The van der Waals surface area contributed by atoms with E-state index in [1.54, 1.807) is 24.8 Å². The molecule has 0 saturated heterocycles. The van der Waals surface area contributed by atoms with Gasteiger partial charge in [0.15, 0.2) is 0 Å². The third-order valence-corrected chi connectivity index (χ3v) is 2.89. The van der Waals surface area contributed by atoms with Gasteiger partial charge in [0.2, 0.25) is 0 Å². The first-order valence-electron chi connectivity index (χ1n) is 5.09. The van der Waals surface area contributed by atoms with E-state index >= 15 is 0 Å². The Balaban J connectivity index is 2.69. The largest absolute Gasteiger partial charge is 0.253 e. The van der Waals surface area contributed by atoms with E-state index in [0.717, 1.165) is 33.2 Å². The van der Waals surface area contributed by atoms with Gasteiger partial charge >= 0.3 is 0 Å². The van der Waals surface area contributed by atoms with Crippen molar-refractivity contribution >= 4 is 22.1 Å². The first-order chi connectivity index (χ1) is 7.79. The standard InChI is InChI=1S/C12H10N4/c1-7-8(2)10-12(16-6-4-14-10)11-9(7)13-3-5-15-11/h3-6H,1-2H3. The highest BCUT2D eigenvalue weighted by Crippen LogP contribution is 2.26. The van der Waals surface area contributed by atoms with Crippen molar-refractivity contribution in [1.29, 1.82) is 0 Å². The molecule has 2 aromatic heterocycles. The Bertz CT molecular complexity index is 630. The highest BCUT2D eigenvalue weighted by Gasteiger charge is 2.11. The summed E-state index contributed by atoms with van der Waals surface area (Å²) >= 11 is 0. The van der Waals surface area contributed by atoms with Crippen molar-refractivity contribution in [2.24, 2.45) is 0 Å². The van der Waals surface area contributed by atoms with Crippen molar-refractivity contribution in [1.82, 2.24) is 19.9 Å². The zero-order valence-electron chi connectivity index (χ0n) is 9.10. The summed E-state index contributed by atoms with van der Waals surface area (Å²) in [5, 5.41) is 0. The number of hydrogen-bond donors (Lipinski definition) is 0. The van der Waals surface area contributed by atoms with E-state index in [0.29, 0.717) is 0 Å². The minimum atomic E-state index is 0.828. The molecule has 78 valence electrons. The van der Waals surface area contributed by atoms with Gasteiger partial charge in [0.25, 0.3) is 0 Å². The van der Waals surface area contributed by atoms with Crippen LogP contribution in [0.15, 0.2) is 24.8 Å². The van der Waals surface area contributed by atoms with E-state index in [4.69, 9.17) is 0 Å². The van der Waals surface area contributed by atoms with Crippen LogP contribution in [0, 0.1) is 13.8 Å². The van der Waals surface area contributed by atoms with Gasteiger partial charge in [-0.25, -0.2) is 0 Å². The van der Waals surface area contributed by atoms with Crippen LogP contribution in [0.2, 0.25) is 0 Å². The van der Waals surface area contributed by atoms with Gasteiger partial charge in [-0.1, -0.05) is 0 Å². The second kappa shape index (κ2) is 3.20. The van der Waals surface area contributed by atoms with Gasteiger partial charge in [-0.05, 0) is 25.0 Å². The summed E-state index contributed by atoms with van der Waals surface area (Å²) in [6.45, 7) is 4.08. The average molecular weight is 210 g/mol. The highest BCUT2D eigenvalue weighted by atomic mass is 14.8. The fourth-order valence-corrected chi connectivity index (χ4v) is 1.93. The maximum Gasteiger partial charge on any atom is 0.117 e. The maximum atomic E-state index is 4.36. The van der Waals surface area contributed by atoms with E-state index in [1.165, 1.54) is 0 Å². The number of hydrogen-bond acceptors (Lipinski definition) is 4. The average Bonchev–Trinajstić information content (AvgIpc) is 2.36. The van der Waals surface area contributed by atoms with E-state index < -0.39 is 0 Å². The summed E-state index contributed by atoms with van der Waals surface area (Å²) in [7, 11) is 0. The smallest absolute Gasteiger partial charge is 0.117 e. The zero-order valence-corrected chi connectivity index (χ0v) is 9.10. The molecule has 4 heteroatoms. The van der Waals surface area contributed by atoms with Crippen molar-refractivity contribution in [2.45, 2.75) is 13.8 Å². The Morgan fingerprint density at radius 1 is 0.562 bits per heavy atom. The van der Waals surface area contributed by atoms with Crippen molar-refractivity contribution in [2.75, 3.05) is 0 Å². The predicted octanol–water partition coefficient (Wildman–Crippen LogP) is 2.19. The van der Waals surface area contributed by atoms with Gasteiger partial charge in [0, 0.05) is 24.8 Å². The number of rotatable bonds is 0. The molecule has 4 nitrogen and oxygen atoms in total. The molecule has 0 amide bonds. The normalized spacial score (nSPS) is 11.1. The molecule has 0 aliphatic rings. The van der Waals surface area contributed by atoms with Gasteiger partial charge < -0.3 is 0 Å². The Morgan fingerprint density at radius 3 is 1.25 bits per heavy atom. The third kappa shape index (κ3) is 1.10. The Kier molecular flexibility index (Phi) is 1.83. The van der Waals surface area contributed by atoms with E-state index in [1.807, 2.05) is 13.8 Å². The molecule has 0 saturated carbocycles. The fourth-order valence-electron chi connectivity index (χ4n) is 1.93. The van der Waals surface area contributed by atoms with Crippen LogP contribution in [0.5, 0.6) is 0 Å². The van der Waals surface area contributed by atoms with Crippen LogP contribution in [0.25, 0.3) is 22.1 Å². The molecule has 16 heavy (non-hydrogen) atoms. The molecule has 0 bridgehead atoms. The molecule has 1 aromatic carbocycles. The second-order valence-corrected chi connectivity index (χ2v) is 3.76. The number of benzene rings is 1. The molecule has 3 rings (SSSR count). The third-order valence-electron chi connectivity index (χ3n) is 2.89. The van der Waals surface area contributed by atoms with Crippen molar-refractivity contribution < 1.29 is 0 Å². The van der Waals surface area contributed by atoms with Crippen molar-refractivity contribution in [3.8, 4) is 0 Å². The van der Waals surface area contributed by atoms with E-state index in [-0.39, 0.29) is 0 Å². The van der Waals surface area contributed by atoms with Crippen LogP contribution in [-0.4, -0.2) is 19.9 Å². The van der Waals surface area contributed by atoms with Gasteiger partial charge in [0.1, 0.15) is 11.0 Å². The molecule has 0 spiro atoms. The van der Waals surface area contributed by atoms with Crippen LogP contribution < -0.4 is 0 Å². The molecular formula is C12H10N4. The lowest BCUT2D eigenvalue weighted by Gasteiger charge is -2.07. The summed E-state index contributed by atoms with van der Waals surface area (Å²) in [6.07, 6.45) is 6.78. The predicted molar refractivity (Wildman–Crippen MR) is 62.1 cm³/mol. The van der Waals surface area contributed by atoms with Crippen molar-refractivity contribution in [3.63, 3.8) is 0 Å². The lowest BCUT2D eigenvalue weighted by atomic mass is 10.1. The molecule has 0 atom stereocenters. The van der Waals surface area contributed by atoms with Crippen LogP contribution in [0.4, 0.5) is 0 Å². The summed E-state index contributed by atoms with van der Waals surface area (Å²) in [5.41, 5.74) is 5.72. The fraction of sp³-hybridized carbons (Fsp3) is 0.167. The molecule has 0 aliphatic carbocycles. The SMILES string of the molecule is Cc1c(C)c2nccnc2c2nccnc12. The van der Waals surface area contributed by atoms with Gasteiger partial charge in [-0.15, -0.1) is 0 Å². The summed E-state index contributed by atoms with van der Waals surface area (Å²) in [5.74, 6) is 0. The molecule has 0 aliphatic heterocycles. The van der Waals surface area contributed by atoms with Gasteiger partial charge in [-0.2, -0.15) is 0 Å². The first-order valence-corrected chi connectivity index (χ1v) is 5.09. The Morgan fingerprint density at radius 2 is 0.875 bits per heavy atom. The second-order valence-electron chi connectivity index (χ2n) is 3.76. The molecule has 0 N–H and O–H groups in total. The zero-order chi connectivity index (χ0) is 11.1. The molecular weight excluding hydrogens is 200 g/mol. The van der Waals surface area contributed by atoms with Gasteiger partial charge in [-0.3, -0.25) is 19.9 Å². The molecule has 0 unspecified atom stereocenters. The van der Waals surface area contributed by atoms with Crippen LogP contribution in [-0.2, 0) is 0 Å². The van der Waals surface area contributed by atoms with Crippen LogP contribution >= 0.6 is 0 Å². The first kappa shape index (κ1) is 9.15. The molecule has 0 fully saturated rings. The minimum absolute atomic E-state index is 0.828. The lowest BCUT2D eigenvalue weighted by Crippen LogP contribution is -1.95. The number of fused-ring (bicyclic) bond motifs is 3. The Labute approximate surface area is 92.4 Å². The number of aryl methyl sites for hydroxylation is 2. The van der Waals surface area contributed by atoms with Crippen LogP contribution in [0.3, 0.4) is 0 Å². The molecule has 0 radical (unpaired) electrons. The summed E-state index contributed by atoms with van der Waals surface area (Å²) < 4.78 is 0. The van der Waals surface area contributed by atoms with Crippen molar-refractivity contribution in [3.05, 3.63) is 35.9 Å².